The lowest BCUT2D eigenvalue weighted by Gasteiger charge is -2.49. The molecule has 0 aromatic carbocycles. The smallest absolute Gasteiger partial charge is 0.187 e. The van der Waals surface area contributed by atoms with E-state index in [9.17, 15) is 71.5 Å². The summed E-state index contributed by atoms with van der Waals surface area (Å²) < 4.78 is 33.5. The zero-order valence-corrected chi connectivity index (χ0v) is 23.5. The molecule has 3 fully saturated rings. The first-order valence-corrected chi connectivity index (χ1v) is 13.9. The van der Waals surface area contributed by atoms with E-state index in [1.54, 1.807) is 0 Å². The summed E-state index contributed by atoms with van der Waals surface area (Å²) in [5, 5.41) is 142. The molecule has 0 saturated carbocycles. The molecule has 0 bridgehead atoms. The van der Waals surface area contributed by atoms with E-state index in [0.29, 0.717) is 0 Å². The number of aliphatic hydroxyl groups excluding tert-OH is 14. The quantitative estimate of drug-likeness (QED) is 0.0878. The lowest BCUT2D eigenvalue weighted by molar-refractivity contribution is -0.398. The van der Waals surface area contributed by atoms with Crippen molar-refractivity contribution in [2.24, 2.45) is 0 Å². The highest BCUT2D eigenvalue weighted by molar-refractivity contribution is 4.97. The molecule has 0 amide bonds. The first kappa shape index (κ1) is 37.7. The van der Waals surface area contributed by atoms with Gasteiger partial charge in [0.1, 0.15) is 91.6 Å². The zero-order valence-electron chi connectivity index (χ0n) is 23.5. The molecule has 3 rings (SSSR count). The van der Waals surface area contributed by atoms with Crippen molar-refractivity contribution >= 4 is 0 Å². The van der Waals surface area contributed by atoms with Crippen LogP contribution in [-0.2, 0) is 28.4 Å². The Labute approximate surface area is 250 Å². The topological polar surface area (TPSA) is 339 Å². The van der Waals surface area contributed by atoms with E-state index >= 15 is 0 Å². The van der Waals surface area contributed by atoms with Gasteiger partial charge in [0.05, 0.1) is 32.5 Å². The van der Waals surface area contributed by atoms with E-state index in [0.717, 1.165) is 0 Å². The van der Waals surface area contributed by atoms with Gasteiger partial charge in [0, 0.05) is 0 Å². The Bertz CT molecular complexity index is 855. The molecule has 0 spiro atoms. The molecular formula is C24H44O20. The maximum absolute atomic E-state index is 11.1. The molecule has 19 atom stereocenters. The van der Waals surface area contributed by atoms with Crippen LogP contribution >= 0.6 is 0 Å². The summed E-state index contributed by atoms with van der Waals surface area (Å²) in [6, 6.07) is 0. The second-order valence-corrected chi connectivity index (χ2v) is 10.9. The van der Waals surface area contributed by atoms with Gasteiger partial charge >= 0.3 is 0 Å². The van der Waals surface area contributed by atoms with Crippen LogP contribution < -0.4 is 0 Å². The molecular weight excluding hydrogens is 608 g/mol. The van der Waals surface area contributed by atoms with Gasteiger partial charge in [0.15, 0.2) is 18.9 Å². The maximum Gasteiger partial charge on any atom is 0.187 e. The summed E-state index contributed by atoms with van der Waals surface area (Å²) in [6.45, 7) is -2.55. The van der Waals surface area contributed by atoms with E-state index in [-0.39, 0.29) is 0 Å². The van der Waals surface area contributed by atoms with Crippen molar-refractivity contribution < 1.29 is 99.9 Å². The van der Waals surface area contributed by atoms with E-state index in [1.165, 1.54) is 6.92 Å². The second kappa shape index (κ2) is 16.3. The molecule has 0 unspecified atom stereocenters. The number of hydrogen-bond acceptors (Lipinski definition) is 20. The highest BCUT2D eigenvalue weighted by atomic mass is 16.8. The Morgan fingerprint density at radius 3 is 1.57 bits per heavy atom. The van der Waals surface area contributed by atoms with Crippen molar-refractivity contribution in [3.05, 3.63) is 0 Å². The SMILES string of the molecule is C[C@@H]1O[C@@H](O[C@H]2[C@H](O[C@@H]([C@H](O)[C@@H](O)CO)[C@H](O)CO)O[C@H](CO)[C@H](O)[C@@H]2O[C@H]2O[C@H](CO)[C@H](O)[C@H](O)[C@H]2O)[C@@H](O)[C@H](O)[C@@H]1O. The molecule has 260 valence electrons. The van der Waals surface area contributed by atoms with Crippen molar-refractivity contribution in [3.8, 4) is 0 Å². The Kier molecular flexibility index (Phi) is 14.0. The molecule has 44 heavy (non-hydrogen) atoms. The lowest BCUT2D eigenvalue weighted by Crippen LogP contribution is -2.67. The Morgan fingerprint density at radius 1 is 0.545 bits per heavy atom. The monoisotopic (exact) mass is 652 g/mol. The van der Waals surface area contributed by atoms with Gasteiger partial charge in [0.2, 0.25) is 0 Å². The molecule has 3 aliphatic heterocycles. The largest absolute Gasteiger partial charge is 0.394 e. The number of ether oxygens (including phenoxy) is 6. The minimum Gasteiger partial charge on any atom is -0.394 e. The summed E-state index contributed by atoms with van der Waals surface area (Å²) in [5.41, 5.74) is 0. The number of hydrogen-bond donors (Lipinski definition) is 14. The number of rotatable bonds is 13. The van der Waals surface area contributed by atoms with Gasteiger partial charge in [-0.1, -0.05) is 0 Å². The van der Waals surface area contributed by atoms with E-state index in [1.807, 2.05) is 0 Å². The molecule has 14 N–H and O–H groups in total. The Hall–Kier alpha value is -0.800. The highest BCUT2D eigenvalue weighted by Gasteiger charge is 2.55. The zero-order chi connectivity index (χ0) is 33.0. The molecule has 0 radical (unpaired) electrons. The van der Waals surface area contributed by atoms with Gasteiger partial charge in [-0.15, -0.1) is 0 Å². The van der Waals surface area contributed by atoms with E-state index in [2.05, 4.69) is 0 Å². The van der Waals surface area contributed by atoms with Crippen LogP contribution in [0.1, 0.15) is 6.92 Å². The summed E-state index contributed by atoms with van der Waals surface area (Å²) in [5.74, 6) is 0. The van der Waals surface area contributed by atoms with Crippen molar-refractivity contribution in [3.63, 3.8) is 0 Å². The third-order valence-corrected chi connectivity index (χ3v) is 7.81. The van der Waals surface area contributed by atoms with Crippen molar-refractivity contribution in [1.82, 2.24) is 0 Å². The normalized spacial score (nSPS) is 46.3. The fourth-order valence-electron chi connectivity index (χ4n) is 5.05. The molecule has 0 aliphatic carbocycles. The van der Waals surface area contributed by atoms with Gasteiger partial charge < -0.3 is 99.9 Å². The average Bonchev–Trinajstić information content (AvgIpc) is 3.02. The van der Waals surface area contributed by atoms with Crippen LogP contribution in [0.2, 0.25) is 0 Å². The Balaban J connectivity index is 2.03. The molecule has 0 aromatic rings. The summed E-state index contributed by atoms with van der Waals surface area (Å²) in [7, 11) is 0. The van der Waals surface area contributed by atoms with Crippen LogP contribution in [0.15, 0.2) is 0 Å². The predicted octanol–water partition coefficient (Wildman–Crippen LogP) is -9.09. The van der Waals surface area contributed by atoms with Crippen molar-refractivity contribution in [1.29, 1.82) is 0 Å². The summed E-state index contributed by atoms with van der Waals surface area (Å²) in [4.78, 5) is 0. The predicted molar refractivity (Wildman–Crippen MR) is 135 cm³/mol. The van der Waals surface area contributed by atoms with Gasteiger partial charge in [-0.25, -0.2) is 0 Å². The minimum absolute atomic E-state index is 0.849. The van der Waals surface area contributed by atoms with Crippen LogP contribution in [-0.4, -0.2) is 214 Å². The van der Waals surface area contributed by atoms with Crippen LogP contribution in [0.3, 0.4) is 0 Å². The van der Waals surface area contributed by atoms with Gasteiger partial charge in [-0.3, -0.25) is 0 Å². The average molecular weight is 653 g/mol. The summed E-state index contributed by atoms with van der Waals surface area (Å²) in [6.07, 6.45) is -34.7. The molecule has 20 nitrogen and oxygen atoms in total. The third kappa shape index (κ3) is 8.00. The van der Waals surface area contributed by atoms with Gasteiger partial charge in [-0.05, 0) is 6.92 Å². The first-order valence-electron chi connectivity index (χ1n) is 13.9. The van der Waals surface area contributed by atoms with Crippen LogP contribution in [0.5, 0.6) is 0 Å². The van der Waals surface area contributed by atoms with E-state index < -0.39 is 143 Å². The third-order valence-electron chi connectivity index (χ3n) is 7.81. The van der Waals surface area contributed by atoms with Crippen LogP contribution in [0.25, 0.3) is 0 Å². The second-order valence-electron chi connectivity index (χ2n) is 10.9. The molecule has 3 saturated heterocycles. The van der Waals surface area contributed by atoms with Crippen molar-refractivity contribution in [2.45, 2.75) is 123 Å². The fourth-order valence-corrected chi connectivity index (χ4v) is 5.05. The molecule has 20 heteroatoms. The van der Waals surface area contributed by atoms with Gasteiger partial charge in [-0.2, -0.15) is 0 Å². The first-order chi connectivity index (χ1) is 20.7. The minimum atomic E-state index is -2.09. The van der Waals surface area contributed by atoms with Crippen LogP contribution in [0.4, 0.5) is 0 Å². The number of aliphatic hydroxyl groups is 14. The standard InChI is InChI=1S/C24H44O20/c1-6-11(31)15(35)17(37)22(39-6)44-21-20(43-23-18(38)16(36)13(33)9(4-27)40-23)14(34)10(5-28)41-24(21)42-19(8(30)3-26)12(32)7(29)2-25/h6-38H,2-5H2,1H3/t6-,7-,8+,9+,10+,11+,12+,13-,14-,15+,16-,17-,18+,19+,20-,21+,22-,23+,24-/m0/s1. The maximum atomic E-state index is 11.1. The highest BCUT2D eigenvalue weighted by Crippen LogP contribution is 2.34. The van der Waals surface area contributed by atoms with E-state index in [4.69, 9.17) is 28.4 Å². The van der Waals surface area contributed by atoms with Crippen molar-refractivity contribution in [2.75, 3.05) is 26.4 Å². The Morgan fingerprint density at radius 2 is 1.02 bits per heavy atom. The molecule has 3 heterocycles. The molecule has 0 aromatic heterocycles. The molecule has 3 aliphatic rings. The van der Waals surface area contributed by atoms with Gasteiger partial charge in [0.25, 0.3) is 0 Å². The lowest BCUT2D eigenvalue weighted by atomic mass is 9.95. The fraction of sp³-hybridized carbons (Fsp3) is 1.00. The summed E-state index contributed by atoms with van der Waals surface area (Å²) >= 11 is 0. The van der Waals surface area contributed by atoms with Crippen LogP contribution in [0, 0.1) is 0 Å².